The molecular formula is C13H20N4O. The lowest BCUT2D eigenvalue weighted by atomic mass is 10.2. The van der Waals surface area contributed by atoms with Gasteiger partial charge in [0.2, 0.25) is 5.91 Å². The lowest BCUT2D eigenvalue weighted by Gasteiger charge is -2.32. The number of hydrogen-bond donors (Lipinski definition) is 1. The van der Waals surface area contributed by atoms with Crippen molar-refractivity contribution < 1.29 is 4.79 Å². The van der Waals surface area contributed by atoms with Gasteiger partial charge in [-0.25, -0.2) is 0 Å². The van der Waals surface area contributed by atoms with E-state index in [1.807, 2.05) is 4.90 Å². The minimum absolute atomic E-state index is 0.0111. The maximum Gasteiger partial charge on any atom is 0.237 e. The summed E-state index contributed by atoms with van der Waals surface area (Å²) in [6, 6.07) is 1.99. The summed E-state index contributed by atoms with van der Waals surface area (Å²) in [6.07, 6.45) is 3.39. The Morgan fingerprint density at radius 2 is 2.17 bits per heavy atom. The van der Waals surface area contributed by atoms with Gasteiger partial charge in [0.1, 0.15) is 6.04 Å². The molecule has 1 rings (SSSR count). The number of amides is 1. The van der Waals surface area contributed by atoms with Gasteiger partial charge in [-0.2, -0.15) is 5.26 Å². The van der Waals surface area contributed by atoms with Crippen molar-refractivity contribution in [1.82, 2.24) is 15.1 Å². The lowest BCUT2D eigenvalue weighted by molar-refractivity contribution is -0.131. The first-order valence-corrected chi connectivity index (χ1v) is 6.07. The van der Waals surface area contributed by atoms with E-state index in [9.17, 15) is 4.79 Å². The van der Waals surface area contributed by atoms with Crippen molar-refractivity contribution in [3.05, 3.63) is 25.3 Å². The molecule has 0 aromatic heterocycles. The maximum atomic E-state index is 12.1. The third kappa shape index (κ3) is 3.99. The number of nitriles is 1. The summed E-state index contributed by atoms with van der Waals surface area (Å²) in [6.45, 7) is 10.7. The van der Waals surface area contributed by atoms with Crippen LogP contribution in [0.2, 0.25) is 0 Å². The molecule has 1 aliphatic heterocycles. The standard InChI is InChI=1S/C13H20N4O/c1-3-6-16(7-4-2)13(18)11-17-8-5-15-10-12(17)9-14/h3-4,12,15H,1-2,5-8,10-11H2. The largest absolute Gasteiger partial charge is 0.334 e. The monoisotopic (exact) mass is 248 g/mol. The zero-order chi connectivity index (χ0) is 13.4. The van der Waals surface area contributed by atoms with Crippen LogP contribution in [0.15, 0.2) is 25.3 Å². The van der Waals surface area contributed by atoms with E-state index in [1.54, 1.807) is 17.1 Å². The van der Waals surface area contributed by atoms with Crippen LogP contribution in [0.5, 0.6) is 0 Å². The van der Waals surface area contributed by atoms with Gasteiger partial charge in [-0.3, -0.25) is 9.69 Å². The van der Waals surface area contributed by atoms with Crippen molar-refractivity contribution in [1.29, 1.82) is 5.26 Å². The predicted octanol–water partition coefficient (Wildman–Crippen LogP) is -0.0156. The highest BCUT2D eigenvalue weighted by Crippen LogP contribution is 2.03. The van der Waals surface area contributed by atoms with Gasteiger partial charge in [0, 0.05) is 32.7 Å². The van der Waals surface area contributed by atoms with Crippen LogP contribution in [0.4, 0.5) is 0 Å². The quantitative estimate of drug-likeness (QED) is 0.671. The van der Waals surface area contributed by atoms with Crippen molar-refractivity contribution >= 4 is 5.91 Å². The second-order valence-corrected chi connectivity index (χ2v) is 4.20. The molecule has 1 unspecified atom stereocenters. The van der Waals surface area contributed by atoms with Gasteiger partial charge < -0.3 is 10.2 Å². The first-order valence-electron chi connectivity index (χ1n) is 6.07. The molecule has 0 bridgehead atoms. The molecule has 1 saturated heterocycles. The molecule has 1 fully saturated rings. The van der Waals surface area contributed by atoms with Crippen LogP contribution in [-0.2, 0) is 4.79 Å². The Balaban J connectivity index is 2.57. The summed E-state index contributed by atoms with van der Waals surface area (Å²) >= 11 is 0. The summed E-state index contributed by atoms with van der Waals surface area (Å²) < 4.78 is 0. The van der Waals surface area contributed by atoms with Gasteiger partial charge in [-0.1, -0.05) is 12.2 Å². The third-order valence-electron chi connectivity index (χ3n) is 2.89. The van der Waals surface area contributed by atoms with Gasteiger partial charge >= 0.3 is 0 Å². The Bertz CT molecular complexity index is 337. The van der Waals surface area contributed by atoms with Gasteiger partial charge in [0.15, 0.2) is 0 Å². The molecule has 0 saturated carbocycles. The molecule has 1 heterocycles. The van der Waals surface area contributed by atoms with E-state index in [2.05, 4.69) is 24.5 Å². The van der Waals surface area contributed by atoms with Crippen molar-refractivity contribution in [2.45, 2.75) is 6.04 Å². The van der Waals surface area contributed by atoms with Crippen molar-refractivity contribution in [3.8, 4) is 6.07 Å². The summed E-state index contributed by atoms with van der Waals surface area (Å²) in [5.41, 5.74) is 0. The Labute approximate surface area is 108 Å². The van der Waals surface area contributed by atoms with E-state index in [0.717, 1.165) is 13.1 Å². The smallest absolute Gasteiger partial charge is 0.237 e. The number of carbonyl (C=O) groups excluding carboxylic acids is 1. The van der Waals surface area contributed by atoms with Crippen molar-refractivity contribution in [3.63, 3.8) is 0 Å². The number of carbonyl (C=O) groups is 1. The molecule has 0 aromatic carbocycles. The van der Waals surface area contributed by atoms with E-state index in [1.165, 1.54) is 0 Å². The van der Waals surface area contributed by atoms with Crippen LogP contribution < -0.4 is 5.32 Å². The molecule has 1 N–H and O–H groups in total. The number of hydrogen-bond acceptors (Lipinski definition) is 4. The molecule has 0 radical (unpaired) electrons. The zero-order valence-electron chi connectivity index (χ0n) is 10.6. The molecule has 0 aromatic rings. The van der Waals surface area contributed by atoms with E-state index in [-0.39, 0.29) is 18.5 Å². The number of nitrogens with zero attached hydrogens (tertiary/aromatic N) is 3. The Morgan fingerprint density at radius 1 is 1.50 bits per heavy atom. The first-order chi connectivity index (χ1) is 8.72. The van der Waals surface area contributed by atoms with E-state index in [0.29, 0.717) is 19.6 Å². The summed E-state index contributed by atoms with van der Waals surface area (Å²) in [5.74, 6) is 0.0111. The van der Waals surface area contributed by atoms with E-state index >= 15 is 0 Å². The fourth-order valence-electron chi connectivity index (χ4n) is 1.93. The minimum atomic E-state index is -0.225. The molecule has 98 valence electrons. The van der Waals surface area contributed by atoms with Crippen LogP contribution in [0.3, 0.4) is 0 Å². The van der Waals surface area contributed by atoms with Crippen LogP contribution in [0.25, 0.3) is 0 Å². The molecule has 18 heavy (non-hydrogen) atoms. The highest BCUT2D eigenvalue weighted by Gasteiger charge is 2.25. The highest BCUT2D eigenvalue weighted by molar-refractivity contribution is 5.78. The van der Waals surface area contributed by atoms with Crippen LogP contribution in [-0.4, -0.2) is 61.0 Å². The molecule has 1 atom stereocenters. The fraction of sp³-hybridized carbons (Fsp3) is 0.538. The first kappa shape index (κ1) is 14.4. The number of rotatable bonds is 6. The topological polar surface area (TPSA) is 59.4 Å². The molecule has 1 amide bonds. The zero-order valence-corrected chi connectivity index (χ0v) is 10.6. The van der Waals surface area contributed by atoms with Crippen LogP contribution >= 0.6 is 0 Å². The molecule has 0 aliphatic carbocycles. The summed E-state index contributed by atoms with van der Waals surface area (Å²) in [4.78, 5) is 15.7. The van der Waals surface area contributed by atoms with Crippen LogP contribution in [0, 0.1) is 11.3 Å². The maximum absolute atomic E-state index is 12.1. The second-order valence-electron chi connectivity index (χ2n) is 4.20. The molecular weight excluding hydrogens is 228 g/mol. The van der Waals surface area contributed by atoms with Gasteiger partial charge in [0.25, 0.3) is 0 Å². The number of piperazine rings is 1. The predicted molar refractivity (Wildman–Crippen MR) is 70.8 cm³/mol. The van der Waals surface area contributed by atoms with E-state index in [4.69, 9.17) is 5.26 Å². The fourth-order valence-corrected chi connectivity index (χ4v) is 1.93. The van der Waals surface area contributed by atoms with Gasteiger partial charge in [0.05, 0.1) is 12.6 Å². The third-order valence-corrected chi connectivity index (χ3v) is 2.89. The second kappa shape index (κ2) is 7.64. The van der Waals surface area contributed by atoms with Crippen molar-refractivity contribution in [2.75, 3.05) is 39.3 Å². The van der Waals surface area contributed by atoms with Gasteiger partial charge in [-0.05, 0) is 0 Å². The average Bonchev–Trinajstić information content (AvgIpc) is 2.39. The Morgan fingerprint density at radius 3 is 2.72 bits per heavy atom. The SMILES string of the molecule is C=CCN(CC=C)C(=O)CN1CCNCC1C#N. The lowest BCUT2D eigenvalue weighted by Crippen LogP contribution is -2.53. The molecule has 5 nitrogen and oxygen atoms in total. The van der Waals surface area contributed by atoms with Crippen molar-refractivity contribution in [2.24, 2.45) is 0 Å². The average molecular weight is 248 g/mol. The van der Waals surface area contributed by atoms with Crippen LogP contribution in [0.1, 0.15) is 0 Å². The Hall–Kier alpha value is -1.64. The molecule has 1 aliphatic rings. The normalized spacial score (nSPS) is 19.8. The number of nitrogens with one attached hydrogen (secondary N) is 1. The Kier molecular flexibility index (Phi) is 6.12. The molecule has 0 spiro atoms. The molecule has 5 heteroatoms. The van der Waals surface area contributed by atoms with E-state index < -0.39 is 0 Å². The highest BCUT2D eigenvalue weighted by atomic mass is 16.2. The minimum Gasteiger partial charge on any atom is -0.334 e. The summed E-state index contributed by atoms with van der Waals surface area (Å²) in [5, 5.41) is 12.2. The summed E-state index contributed by atoms with van der Waals surface area (Å²) in [7, 11) is 0. The van der Waals surface area contributed by atoms with Gasteiger partial charge in [-0.15, -0.1) is 13.2 Å².